The molecule has 1 heterocycles. The molecule has 1 aliphatic heterocycles. The minimum absolute atomic E-state index is 0.365. The summed E-state index contributed by atoms with van der Waals surface area (Å²) in [6, 6.07) is 12.8. The standard InChI is InChI=1S/C18H21ClN2O2S/c1-14-3-6-17(7-4-14)24(22,23)21-11-9-20(10-12-21)18-8-5-16(19)13-15(18)2/h3-8,13H,9-12H2,1-2H3. The molecular formula is C18H21ClN2O2S. The van der Waals surface area contributed by atoms with Crippen molar-refractivity contribution >= 4 is 27.3 Å². The zero-order valence-corrected chi connectivity index (χ0v) is 15.4. The number of hydrogen-bond acceptors (Lipinski definition) is 3. The van der Waals surface area contributed by atoms with Crippen LogP contribution in [-0.2, 0) is 10.0 Å². The fraction of sp³-hybridized carbons (Fsp3) is 0.333. The van der Waals surface area contributed by atoms with E-state index in [1.807, 2.05) is 44.2 Å². The van der Waals surface area contributed by atoms with E-state index in [1.165, 1.54) is 0 Å². The van der Waals surface area contributed by atoms with Crippen LogP contribution in [0.2, 0.25) is 5.02 Å². The molecule has 0 aromatic heterocycles. The summed E-state index contributed by atoms with van der Waals surface area (Å²) in [5.41, 5.74) is 3.28. The van der Waals surface area contributed by atoms with E-state index in [2.05, 4.69) is 4.90 Å². The Hall–Kier alpha value is -1.56. The van der Waals surface area contributed by atoms with E-state index in [-0.39, 0.29) is 0 Å². The van der Waals surface area contributed by atoms with Gasteiger partial charge < -0.3 is 4.90 Å². The summed E-state index contributed by atoms with van der Waals surface area (Å²) in [7, 11) is -3.42. The summed E-state index contributed by atoms with van der Waals surface area (Å²) in [5.74, 6) is 0. The van der Waals surface area contributed by atoms with Crippen molar-refractivity contribution in [1.82, 2.24) is 4.31 Å². The largest absolute Gasteiger partial charge is 0.369 e. The van der Waals surface area contributed by atoms with Crippen molar-refractivity contribution in [1.29, 1.82) is 0 Å². The van der Waals surface area contributed by atoms with Gasteiger partial charge in [0.05, 0.1) is 4.90 Å². The number of piperazine rings is 1. The highest BCUT2D eigenvalue weighted by molar-refractivity contribution is 7.89. The summed E-state index contributed by atoms with van der Waals surface area (Å²) < 4.78 is 27.1. The molecule has 3 rings (SSSR count). The smallest absolute Gasteiger partial charge is 0.243 e. The lowest BCUT2D eigenvalue weighted by atomic mass is 10.1. The molecule has 4 nitrogen and oxygen atoms in total. The van der Waals surface area contributed by atoms with E-state index in [0.717, 1.165) is 21.8 Å². The van der Waals surface area contributed by atoms with Crippen LogP contribution in [0.25, 0.3) is 0 Å². The fourth-order valence-electron chi connectivity index (χ4n) is 3.00. The molecule has 2 aromatic carbocycles. The lowest BCUT2D eigenvalue weighted by molar-refractivity contribution is 0.385. The van der Waals surface area contributed by atoms with Gasteiger partial charge in [-0.2, -0.15) is 4.31 Å². The maximum Gasteiger partial charge on any atom is 0.243 e. The first-order valence-corrected chi connectivity index (χ1v) is 9.77. The molecule has 0 aliphatic carbocycles. The number of nitrogens with zero attached hydrogens (tertiary/aromatic N) is 2. The van der Waals surface area contributed by atoms with E-state index < -0.39 is 10.0 Å². The van der Waals surface area contributed by atoms with Gasteiger partial charge in [-0.3, -0.25) is 0 Å². The van der Waals surface area contributed by atoms with Gasteiger partial charge in [0, 0.05) is 36.9 Å². The maximum absolute atomic E-state index is 12.7. The molecule has 1 aliphatic rings. The third kappa shape index (κ3) is 3.43. The topological polar surface area (TPSA) is 40.6 Å². The quantitative estimate of drug-likeness (QED) is 0.837. The minimum atomic E-state index is -3.42. The average Bonchev–Trinajstić information content (AvgIpc) is 2.55. The molecule has 0 atom stereocenters. The van der Waals surface area contributed by atoms with Crippen molar-refractivity contribution in [2.75, 3.05) is 31.1 Å². The molecule has 0 spiro atoms. The Labute approximate surface area is 148 Å². The maximum atomic E-state index is 12.7. The van der Waals surface area contributed by atoms with E-state index >= 15 is 0 Å². The Kier molecular flexibility index (Phi) is 4.85. The molecule has 0 saturated carbocycles. The van der Waals surface area contributed by atoms with Crippen LogP contribution in [-0.4, -0.2) is 38.9 Å². The van der Waals surface area contributed by atoms with E-state index in [1.54, 1.807) is 16.4 Å². The van der Waals surface area contributed by atoms with E-state index in [9.17, 15) is 8.42 Å². The van der Waals surface area contributed by atoms with E-state index in [0.29, 0.717) is 31.1 Å². The number of hydrogen-bond donors (Lipinski definition) is 0. The van der Waals surface area contributed by atoms with Crippen molar-refractivity contribution < 1.29 is 8.42 Å². The Balaban J connectivity index is 1.73. The number of anilines is 1. The summed E-state index contributed by atoms with van der Waals surface area (Å²) in [5, 5.41) is 0.719. The van der Waals surface area contributed by atoms with Crippen LogP contribution in [0, 0.1) is 13.8 Å². The number of sulfonamides is 1. The second kappa shape index (κ2) is 6.75. The van der Waals surface area contributed by atoms with Crippen LogP contribution in [0.4, 0.5) is 5.69 Å². The van der Waals surface area contributed by atoms with E-state index in [4.69, 9.17) is 11.6 Å². The summed E-state index contributed by atoms with van der Waals surface area (Å²) >= 11 is 6.01. The molecule has 24 heavy (non-hydrogen) atoms. The molecule has 0 unspecified atom stereocenters. The highest BCUT2D eigenvalue weighted by atomic mass is 35.5. The SMILES string of the molecule is Cc1ccc(S(=O)(=O)N2CCN(c3ccc(Cl)cc3C)CC2)cc1. The molecule has 0 N–H and O–H groups in total. The fourth-order valence-corrected chi connectivity index (χ4v) is 4.65. The predicted molar refractivity (Wildman–Crippen MR) is 98.3 cm³/mol. The van der Waals surface area contributed by atoms with Gasteiger partial charge in [0.2, 0.25) is 10.0 Å². The number of aryl methyl sites for hydroxylation is 2. The molecule has 0 bridgehead atoms. The van der Waals surface area contributed by atoms with Gasteiger partial charge in [-0.1, -0.05) is 29.3 Å². The van der Waals surface area contributed by atoms with Crippen LogP contribution in [0.1, 0.15) is 11.1 Å². The summed E-state index contributed by atoms with van der Waals surface area (Å²) in [4.78, 5) is 2.58. The van der Waals surface area contributed by atoms with Gasteiger partial charge in [0.1, 0.15) is 0 Å². The normalized spacial score (nSPS) is 16.4. The second-order valence-corrected chi connectivity index (χ2v) is 8.51. The van der Waals surface area contributed by atoms with Crippen LogP contribution in [0.3, 0.4) is 0 Å². The van der Waals surface area contributed by atoms with Crippen LogP contribution < -0.4 is 4.90 Å². The van der Waals surface area contributed by atoms with Crippen molar-refractivity contribution in [2.24, 2.45) is 0 Å². The molecule has 6 heteroatoms. The highest BCUT2D eigenvalue weighted by Crippen LogP contribution is 2.26. The van der Waals surface area contributed by atoms with Crippen LogP contribution >= 0.6 is 11.6 Å². The first-order chi connectivity index (χ1) is 11.4. The number of rotatable bonds is 3. The average molecular weight is 365 g/mol. The molecule has 1 saturated heterocycles. The first-order valence-electron chi connectivity index (χ1n) is 7.96. The summed E-state index contributed by atoms with van der Waals surface area (Å²) in [6.45, 7) is 6.29. The summed E-state index contributed by atoms with van der Waals surface area (Å²) in [6.07, 6.45) is 0. The van der Waals surface area contributed by atoms with Crippen LogP contribution in [0.5, 0.6) is 0 Å². The van der Waals surface area contributed by atoms with Gasteiger partial charge >= 0.3 is 0 Å². The van der Waals surface area contributed by atoms with Crippen molar-refractivity contribution in [3.05, 3.63) is 58.6 Å². The number of benzene rings is 2. The van der Waals surface area contributed by atoms with Gasteiger partial charge in [0.25, 0.3) is 0 Å². The monoisotopic (exact) mass is 364 g/mol. The molecule has 1 fully saturated rings. The van der Waals surface area contributed by atoms with Crippen molar-refractivity contribution in [2.45, 2.75) is 18.7 Å². The zero-order valence-electron chi connectivity index (χ0n) is 13.9. The lowest BCUT2D eigenvalue weighted by Gasteiger charge is -2.36. The van der Waals surface area contributed by atoms with Gasteiger partial charge in [-0.15, -0.1) is 0 Å². The molecule has 0 amide bonds. The third-order valence-electron chi connectivity index (χ3n) is 4.40. The zero-order chi connectivity index (χ0) is 17.3. The Morgan fingerprint density at radius 2 is 1.54 bits per heavy atom. The predicted octanol–water partition coefficient (Wildman–Crippen LogP) is 3.47. The van der Waals surface area contributed by atoms with Gasteiger partial charge in [-0.05, 0) is 49.7 Å². The Morgan fingerprint density at radius 1 is 0.917 bits per heavy atom. The Morgan fingerprint density at radius 3 is 2.12 bits per heavy atom. The minimum Gasteiger partial charge on any atom is -0.369 e. The second-order valence-electron chi connectivity index (χ2n) is 6.13. The van der Waals surface area contributed by atoms with Gasteiger partial charge in [-0.25, -0.2) is 8.42 Å². The first kappa shape index (κ1) is 17.3. The van der Waals surface area contributed by atoms with Crippen LogP contribution in [0.15, 0.2) is 47.4 Å². The molecular weight excluding hydrogens is 344 g/mol. The number of halogens is 1. The Bertz CT molecular complexity index is 827. The third-order valence-corrected chi connectivity index (χ3v) is 6.54. The van der Waals surface area contributed by atoms with Crippen molar-refractivity contribution in [3.8, 4) is 0 Å². The highest BCUT2D eigenvalue weighted by Gasteiger charge is 2.28. The molecule has 2 aromatic rings. The van der Waals surface area contributed by atoms with Gasteiger partial charge in [0.15, 0.2) is 0 Å². The molecule has 128 valence electrons. The molecule has 0 radical (unpaired) electrons. The lowest BCUT2D eigenvalue weighted by Crippen LogP contribution is -2.48. The van der Waals surface area contributed by atoms with Crippen molar-refractivity contribution in [3.63, 3.8) is 0 Å².